The van der Waals surface area contributed by atoms with Crippen molar-refractivity contribution in [3.05, 3.63) is 29.5 Å². The van der Waals surface area contributed by atoms with Crippen LogP contribution in [0.4, 0.5) is 0 Å². The highest BCUT2D eigenvalue weighted by molar-refractivity contribution is 5.86. The van der Waals surface area contributed by atoms with E-state index in [0.717, 1.165) is 48.8 Å². The fourth-order valence-electron chi connectivity index (χ4n) is 3.57. The Morgan fingerprint density at radius 1 is 1.46 bits per heavy atom. The number of carbonyl (C=O) groups is 2. The standard InChI is InChI=1S/C18H24N4O2/c1-12-15-11-14(13-6-8-20-9-7-13)4-5-16(15)22(21-12)17(18(19)24)3-2-10-23/h4-5,10-11,13,17,20H,2-3,6-9H2,1H3,(H2,19,24). The Hall–Kier alpha value is -2.21. The van der Waals surface area contributed by atoms with E-state index in [1.807, 2.05) is 13.0 Å². The van der Waals surface area contributed by atoms with E-state index in [0.29, 0.717) is 18.8 Å². The van der Waals surface area contributed by atoms with Gasteiger partial charge in [-0.1, -0.05) is 6.07 Å². The van der Waals surface area contributed by atoms with E-state index < -0.39 is 11.9 Å². The lowest BCUT2D eigenvalue weighted by Crippen LogP contribution is -2.27. The van der Waals surface area contributed by atoms with Crippen LogP contribution < -0.4 is 11.1 Å². The lowest BCUT2D eigenvalue weighted by atomic mass is 9.89. The fourth-order valence-corrected chi connectivity index (χ4v) is 3.57. The summed E-state index contributed by atoms with van der Waals surface area (Å²) >= 11 is 0. The second kappa shape index (κ2) is 7.13. The van der Waals surface area contributed by atoms with Crippen molar-refractivity contribution in [2.75, 3.05) is 13.1 Å². The van der Waals surface area contributed by atoms with Gasteiger partial charge in [-0.15, -0.1) is 0 Å². The molecule has 1 aliphatic rings. The van der Waals surface area contributed by atoms with E-state index in [9.17, 15) is 9.59 Å². The van der Waals surface area contributed by atoms with Crippen LogP contribution in [0.15, 0.2) is 18.2 Å². The summed E-state index contributed by atoms with van der Waals surface area (Å²) in [6, 6.07) is 5.77. The van der Waals surface area contributed by atoms with Gasteiger partial charge in [-0.25, -0.2) is 0 Å². The number of fused-ring (bicyclic) bond motifs is 1. The molecule has 0 bridgehead atoms. The van der Waals surface area contributed by atoms with Crippen LogP contribution in [0.5, 0.6) is 0 Å². The first kappa shape index (κ1) is 16.6. The zero-order valence-corrected chi connectivity index (χ0v) is 14.0. The molecule has 1 saturated heterocycles. The van der Waals surface area contributed by atoms with Crippen molar-refractivity contribution in [2.24, 2.45) is 5.73 Å². The number of hydrogen-bond donors (Lipinski definition) is 2. The molecular formula is C18H24N4O2. The first-order valence-corrected chi connectivity index (χ1v) is 8.54. The molecule has 0 saturated carbocycles. The summed E-state index contributed by atoms with van der Waals surface area (Å²) in [6.45, 7) is 4.05. The fraction of sp³-hybridized carbons (Fsp3) is 0.500. The number of nitrogens with one attached hydrogen (secondary N) is 1. The Kier molecular flexibility index (Phi) is 4.94. The largest absolute Gasteiger partial charge is 0.368 e. The van der Waals surface area contributed by atoms with Crippen molar-refractivity contribution in [1.82, 2.24) is 15.1 Å². The average Bonchev–Trinajstić information content (AvgIpc) is 2.92. The molecule has 1 aromatic heterocycles. The van der Waals surface area contributed by atoms with Crippen LogP contribution in [-0.2, 0) is 9.59 Å². The molecule has 2 aromatic rings. The summed E-state index contributed by atoms with van der Waals surface area (Å²) in [5.74, 6) is 0.115. The van der Waals surface area contributed by atoms with Crippen molar-refractivity contribution >= 4 is 23.1 Å². The van der Waals surface area contributed by atoms with Crippen molar-refractivity contribution in [1.29, 1.82) is 0 Å². The van der Waals surface area contributed by atoms with Crippen LogP contribution in [0.25, 0.3) is 10.9 Å². The molecule has 6 heteroatoms. The molecule has 1 aliphatic heterocycles. The number of aldehydes is 1. The number of hydrogen-bond acceptors (Lipinski definition) is 4. The average molecular weight is 328 g/mol. The van der Waals surface area contributed by atoms with Crippen LogP contribution in [0, 0.1) is 6.92 Å². The van der Waals surface area contributed by atoms with Gasteiger partial charge in [-0.3, -0.25) is 9.48 Å². The SMILES string of the molecule is Cc1nn(C(CCC=O)C(N)=O)c2ccc(C3CCNCC3)cc12. The van der Waals surface area contributed by atoms with Crippen LogP contribution in [0.1, 0.15) is 48.9 Å². The smallest absolute Gasteiger partial charge is 0.242 e. The molecule has 3 N–H and O–H groups in total. The molecule has 1 amide bonds. The number of amides is 1. The highest BCUT2D eigenvalue weighted by Gasteiger charge is 2.22. The quantitative estimate of drug-likeness (QED) is 0.792. The van der Waals surface area contributed by atoms with Crippen molar-refractivity contribution in [3.63, 3.8) is 0 Å². The van der Waals surface area contributed by atoms with Gasteiger partial charge >= 0.3 is 0 Å². The van der Waals surface area contributed by atoms with Crippen LogP contribution in [-0.4, -0.2) is 35.1 Å². The zero-order valence-electron chi connectivity index (χ0n) is 14.0. The van der Waals surface area contributed by atoms with Crippen molar-refractivity contribution in [3.8, 4) is 0 Å². The van der Waals surface area contributed by atoms with Gasteiger partial charge in [-0.05, 0) is 62.9 Å². The van der Waals surface area contributed by atoms with Crippen LogP contribution in [0.3, 0.4) is 0 Å². The second-order valence-corrected chi connectivity index (χ2v) is 6.49. The first-order chi connectivity index (χ1) is 11.6. The van der Waals surface area contributed by atoms with E-state index in [1.54, 1.807) is 4.68 Å². The normalized spacial score (nSPS) is 17.0. The Labute approximate surface area is 141 Å². The van der Waals surface area contributed by atoms with Gasteiger partial charge in [-0.2, -0.15) is 5.10 Å². The number of carbonyl (C=O) groups excluding carboxylic acids is 2. The Balaban J connectivity index is 1.98. The summed E-state index contributed by atoms with van der Waals surface area (Å²) in [5.41, 5.74) is 8.65. The summed E-state index contributed by atoms with van der Waals surface area (Å²) in [7, 11) is 0. The Morgan fingerprint density at radius 2 is 2.21 bits per heavy atom. The van der Waals surface area contributed by atoms with Gasteiger partial charge in [0, 0.05) is 11.8 Å². The molecule has 0 spiro atoms. The Bertz CT molecular complexity index is 747. The monoisotopic (exact) mass is 328 g/mol. The van der Waals surface area contributed by atoms with Gasteiger partial charge in [0.15, 0.2) is 0 Å². The van der Waals surface area contributed by atoms with Crippen molar-refractivity contribution < 1.29 is 9.59 Å². The summed E-state index contributed by atoms with van der Waals surface area (Å²) in [4.78, 5) is 22.5. The number of aromatic nitrogens is 2. The molecule has 24 heavy (non-hydrogen) atoms. The summed E-state index contributed by atoms with van der Waals surface area (Å²) in [5, 5.41) is 8.98. The third-order valence-electron chi connectivity index (χ3n) is 4.91. The second-order valence-electron chi connectivity index (χ2n) is 6.49. The lowest BCUT2D eigenvalue weighted by Gasteiger charge is -2.23. The number of benzene rings is 1. The van der Waals surface area contributed by atoms with Crippen LogP contribution >= 0.6 is 0 Å². The molecular weight excluding hydrogens is 304 g/mol. The highest BCUT2D eigenvalue weighted by atomic mass is 16.1. The van der Waals surface area contributed by atoms with E-state index >= 15 is 0 Å². The minimum absolute atomic E-state index is 0.293. The third kappa shape index (κ3) is 3.19. The maximum absolute atomic E-state index is 11.8. The minimum Gasteiger partial charge on any atom is -0.368 e. The molecule has 0 aliphatic carbocycles. The highest BCUT2D eigenvalue weighted by Crippen LogP contribution is 2.30. The maximum Gasteiger partial charge on any atom is 0.242 e. The number of nitrogens with two attached hydrogens (primary N) is 1. The van der Waals surface area contributed by atoms with E-state index in [1.165, 1.54) is 5.56 Å². The third-order valence-corrected chi connectivity index (χ3v) is 4.91. The molecule has 3 rings (SSSR count). The maximum atomic E-state index is 11.8. The number of aryl methyl sites for hydroxylation is 1. The number of rotatable bonds is 6. The van der Waals surface area contributed by atoms with Gasteiger partial charge in [0.25, 0.3) is 0 Å². The summed E-state index contributed by atoms with van der Waals surface area (Å²) in [6.07, 6.45) is 3.76. The first-order valence-electron chi connectivity index (χ1n) is 8.54. The number of nitrogens with zero attached hydrogens (tertiary/aromatic N) is 2. The van der Waals surface area contributed by atoms with Gasteiger partial charge in [0.2, 0.25) is 5.91 Å². The number of primary amides is 1. The predicted octanol–water partition coefficient (Wildman–Crippen LogP) is 1.82. The van der Waals surface area contributed by atoms with E-state index in [2.05, 4.69) is 22.5 Å². The van der Waals surface area contributed by atoms with Gasteiger partial charge in [0.1, 0.15) is 12.3 Å². The molecule has 1 atom stereocenters. The molecule has 0 radical (unpaired) electrons. The molecule has 2 heterocycles. The minimum atomic E-state index is -0.587. The van der Waals surface area contributed by atoms with Gasteiger partial charge < -0.3 is 15.8 Å². The van der Waals surface area contributed by atoms with Crippen LogP contribution in [0.2, 0.25) is 0 Å². The predicted molar refractivity (Wildman–Crippen MR) is 92.8 cm³/mol. The van der Waals surface area contributed by atoms with Crippen molar-refractivity contribution in [2.45, 2.75) is 44.6 Å². The molecule has 1 aromatic carbocycles. The molecule has 1 fully saturated rings. The van der Waals surface area contributed by atoms with E-state index in [-0.39, 0.29) is 0 Å². The number of piperidine rings is 1. The molecule has 1 unspecified atom stereocenters. The zero-order chi connectivity index (χ0) is 17.1. The Morgan fingerprint density at radius 3 is 2.88 bits per heavy atom. The van der Waals surface area contributed by atoms with E-state index in [4.69, 9.17) is 5.73 Å². The molecule has 128 valence electrons. The molecule has 6 nitrogen and oxygen atoms in total. The van der Waals surface area contributed by atoms with Gasteiger partial charge in [0.05, 0.1) is 11.2 Å². The lowest BCUT2D eigenvalue weighted by molar-refractivity contribution is -0.121. The topological polar surface area (TPSA) is 90.0 Å². The summed E-state index contributed by atoms with van der Waals surface area (Å²) < 4.78 is 1.68.